The zero-order valence-corrected chi connectivity index (χ0v) is 15.3. The van der Waals surface area contributed by atoms with E-state index in [0.717, 1.165) is 16.5 Å². The summed E-state index contributed by atoms with van der Waals surface area (Å²) in [5, 5.41) is 0. The van der Waals surface area contributed by atoms with Crippen molar-refractivity contribution in [2.24, 2.45) is 0 Å². The van der Waals surface area contributed by atoms with Gasteiger partial charge in [-0.2, -0.15) is 0 Å². The normalized spacial score (nSPS) is 22.0. The molecule has 2 rings (SSSR count). The second-order valence-electron chi connectivity index (χ2n) is 7.02. The first-order valence-electron chi connectivity index (χ1n) is 7.53. The summed E-state index contributed by atoms with van der Waals surface area (Å²) in [4.78, 5) is 13.8. The van der Waals surface area contributed by atoms with E-state index in [4.69, 9.17) is 9.47 Å². The lowest BCUT2D eigenvalue weighted by Crippen LogP contribution is -2.39. The highest BCUT2D eigenvalue weighted by molar-refractivity contribution is 9.10. The molecule has 0 radical (unpaired) electrons. The summed E-state index contributed by atoms with van der Waals surface area (Å²) in [5.74, 6) is 0. The molecular formula is C17H24BrNO3. The molecule has 0 bridgehead atoms. The number of hydrogen-bond acceptors (Lipinski definition) is 3. The van der Waals surface area contributed by atoms with Gasteiger partial charge in [0.25, 0.3) is 0 Å². The summed E-state index contributed by atoms with van der Waals surface area (Å²) in [5.41, 5.74) is 0.346. The number of likely N-dealkylation sites (tertiary alicyclic amines) is 1. The average molecular weight is 370 g/mol. The number of hydrogen-bond donors (Lipinski definition) is 0. The highest BCUT2D eigenvalue weighted by Gasteiger charge is 2.38. The van der Waals surface area contributed by atoms with Gasteiger partial charge in [-0.3, -0.25) is 0 Å². The Morgan fingerprint density at radius 2 is 1.95 bits per heavy atom. The SMILES string of the molecule is CC(C)(C)OC(=O)N1CCC(C)(OCc2ccc(Br)cc2)C1. The van der Waals surface area contributed by atoms with Gasteiger partial charge in [-0.25, -0.2) is 4.79 Å². The topological polar surface area (TPSA) is 38.8 Å². The molecule has 1 saturated heterocycles. The highest BCUT2D eigenvalue weighted by Crippen LogP contribution is 2.27. The number of amides is 1. The van der Waals surface area contributed by atoms with Gasteiger partial charge in [0, 0.05) is 11.0 Å². The molecule has 1 unspecified atom stereocenters. The van der Waals surface area contributed by atoms with E-state index in [0.29, 0.717) is 19.7 Å². The number of benzene rings is 1. The fourth-order valence-electron chi connectivity index (χ4n) is 2.37. The van der Waals surface area contributed by atoms with E-state index in [1.165, 1.54) is 0 Å². The summed E-state index contributed by atoms with van der Waals surface area (Å²) in [6.45, 7) is 9.48. The minimum atomic E-state index is -0.464. The first kappa shape index (κ1) is 17.3. The van der Waals surface area contributed by atoms with Gasteiger partial charge in [-0.05, 0) is 51.8 Å². The molecule has 1 aliphatic rings. The van der Waals surface area contributed by atoms with Crippen molar-refractivity contribution < 1.29 is 14.3 Å². The smallest absolute Gasteiger partial charge is 0.410 e. The molecule has 0 aliphatic carbocycles. The maximum absolute atomic E-state index is 12.1. The number of halogens is 1. The van der Waals surface area contributed by atoms with Crippen molar-refractivity contribution in [1.29, 1.82) is 0 Å². The Labute approximate surface area is 140 Å². The number of rotatable bonds is 3. The minimum Gasteiger partial charge on any atom is -0.444 e. The number of ether oxygens (including phenoxy) is 2. The molecule has 1 heterocycles. The number of carbonyl (C=O) groups is 1. The molecule has 1 atom stereocenters. The Kier molecular flexibility index (Phi) is 5.17. The summed E-state index contributed by atoms with van der Waals surface area (Å²) < 4.78 is 12.5. The van der Waals surface area contributed by atoms with E-state index in [2.05, 4.69) is 22.9 Å². The Morgan fingerprint density at radius 3 is 2.55 bits per heavy atom. The van der Waals surface area contributed by atoms with Crippen LogP contribution in [0.5, 0.6) is 0 Å². The van der Waals surface area contributed by atoms with E-state index in [1.807, 2.05) is 45.0 Å². The fraction of sp³-hybridized carbons (Fsp3) is 0.588. The van der Waals surface area contributed by atoms with Crippen LogP contribution in [-0.4, -0.2) is 35.3 Å². The Balaban J connectivity index is 1.87. The molecule has 0 spiro atoms. The number of nitrogens with zero attached hydrogens (tertiary/aromatic N) is 1. The van der Waals surface area contributed by atoms with Crippen molar-refractivity contribution in [3.63, 3.8) is 0 Å². The standard InChI is InChI=1S/C17H24BrNO3/c1-16(2,3)22-15(20)19-10-9-17(4,12-19)21-11-13-5-7-14(18)8-6-13/h5-8H,9-12H2,1-4H3. The molecule has 0 saturated carbocycles. The van der Waals surface area contributed by atoms with Gasteiger partial charge in [0.15, 0.2) is 0 Å². The lowest BCUT2D eigenvalue weighted by Gasteiger charge is -2.27. The van der Waals surface area contributed by atoms with Crippen LogP contribution in [0.15, 0.2) is 28.7 Å². The van der Waals surface area contributed by atoms with Crippen LogP contribution in [0.25, 0.3) is 0 Å². The predicted molar refractivity (Wildman–Crippen MR) is 89.8 cm³/mol. The van der Waals surface area contributed by atoms with Crippen LogP contribution in [0.2, 0.25) is 0 Å². The van der Waals surface area contributed by atoms with Gasteiger partial charge in [0.05, 0.1) is 18.8 Å². The summed E-state index contributed by atoms with van der Waals surface area (Å²) in [7, 11) is 0. The van der Waals surface area contributed by atoms with Gasteiger partial charge < -0.3 is 14.4 Å². The van der Waals surface area contributed by atoms with E-state index >= 15 is 0 Å². The van der Waals surface area contributed by atoms with E-state index in [-0.39, 0.29) is 11.7 Å². The molecule has 22 heavy (non-hydrogen) atoms. The van der Waals surface area contributed by atoms with Gasteiger partial charge in [0.2, 0.25) is 0 Å². The fourth-order valence-corrected chi connectivity index (χ4v) is 2.64. The summed E-state index contributed by atoms with van der Waals surface area (Å²) in [6, 6.07) is 8.08. The number of carbonyl (C=O) groups excluding carboxylic acids is 1. The lowest BCUT2D eigenvalue weighted by atomic mass is 10.1. The van der Waals surface area contributed by atoms with E-state index < -0.39 is 5.60 Å². The molecule has 1 fully saturated rings. The minimum absolute atomic E-state index is 0.261. The summed E-state index contributed by atoms with van der Waals surface area (Å²) in [6.07, 6.45) is 0.562. The van der Waals surface area contributed by atoms with Gasteiger partial charge in [-0.1, -0.05) is 28.1 Å². The Hall–Kier alpha value is -1.07. The molecule has 1 amide bonds. The molecule has 1 aromatic rings. The molecule has 4 nitrogen and oxygen atoms in total. The molecule has 0 N–H and O–H groups in total. The highest BCUT2D eigenvalue weighted by atomic mass is 79.9. The van der Waals surface area contributed by atoms with Crippen LogP contribution in [0.3, 0.4) is 0 Å². The second-order valence-corrected chi connectivity index (χ2v) is 7.93. The van der Waals surface area contributed by atoms with Crippen molar-refractivity contribution >= 4 is 22.0 Å². The first-order chi connectivity index (χ1) is 10.2. The predicted octanol–water partition coefficient (Wildman–Crippen LogP) is 4.37. The maximum Gasteiger partial charge on any atom is 0.410 e. The van der Waals surface area contributed by atoms with Gasteiger partial charge >= 0.3 is 6.09 Å². The van der Waals surface area contributed by atoms with E-state index in [9.17, 15) is 4.79 Å². The maximum atomic E-state index is 12.1. The third-order valence-electron chi connectivity index (χ3n) is 3.59. The van der Waals surface area contributed by atoms with Crippen molar-refractivity contribution in [2.75, 3.05) is 13.1 Å². The summed E-state index contributed by atoms with van der Waals surface area (Å²) >= 11 is 3.42. The molecule has 122 valence electrons. The monoisotopic (exact) mass is 369 g/mol. The molecule has 5 heteroatoms. The van der Waals surface area contributed by atoms with Crippen LogP contribution in [0.1, 0.15) is 39.7 Å². The van der Waals surface area contributed by atoms with Crippen molar-refractivity contribution in [3.8, 4) is 0 Å². The van der Waals surface area contributed by atoms with Gasteiger partial charge in [0.1, 0.15) is 5.60 Å². The Bertz CT molecular complexity index is 524. The van der Waals surface area contributed by atoms with Crippen molar-refractivity contribution in [2.45, 2.75) is 51.9 Å². The quantitative estimate of drug-likeness (QED) is 0.793. The van der Waals surface area contributed by atoms with Crippen LogP contribution in [0, 0.1) is 0 Å². The molecule has 1 aromatic carbocycles. The third kappa shape index (κ3) is 4.99. The van der Waals surface area contributed by atoms with Crippen LogP contribution in [-0.2, 0) is 16.1 Å². The van der Waals surface area contributed by atoms with E-state index in [1.54, 1.807) is 4.90 Å². The van der Waals surface area contributed by atoms with Gasteiger partial charge in [-0.15, -0.1) is 0 Å². The van der Waals surface area contributed by atoms with Crippen LogP contribution in [0.4, 0.5) is 4.79 Å². The third-order valence-corrected chi connectivity index (χ3v) is 4.12. The van der Waals surface area contributed by atoms with Crippen molar-refractivity contribution in [1.82, 2.24) is 4.90 Å². The average Bonchev–Trinajstić information content (AvgIpc) is 2.80. The molecular weight excluding hydrogens is 346 g/mol. The van der Waals surface area contributed by atoms with Crippen molar-refractivity contribution in [3.05, 3.63) is 34.3 Å². The van der Waals surface area contributed by atoms with Crippen LogP contribution >= 0.6 is 15.9 Å². The Morgan fingerprint density at radius 1 is 1.32 bits per heavy atom. The lowest BCUT2D eigenvalue weighted by molar-refractivity contribution is -0.0374. The molecule has 1 aliphatic heterocycles. The largest absolute Gasteiger partial charge is 0.444 e. The first-order valence-corrected chi connectivity index (χ1v) is 8.33. The van der Waals surface area contributed by atoms with Crippen LogP contribution < -0.4 is 0 Å². The molecule has 0 aromatic heterocycles. The zero-order valence-electron chi connectivity index (χ0n) is 13.7. The zero-order chi connectivity index (χ0) is 16.4. The second kappa shape index (κ2) is 6.59.